The molecule has 0 amide bonds. The number of nitrogens with zero attached hydrogens (tertiary/aromatic N) is 2. The molecule has 5 nitrogen and oxygen atoms in total. The molecule has 3 N–H and O–H groups in total. The van der Waals surface area contributed by atoms with Gasteiger partial charge >= 0.3 is 0 Å². The van der Waals surface area contributed by atoms with Gasteiger partial charge in [0.05, 0.1) is 11.3 Å². The Labute approximate surface area is 82.1 Å². The van der Waals surface area contributed by atoms with Gasteiger partial charge in [-0.15, -0.1) is 0 Å². The van der Waals surface area contributed by atoms with Crippen molar-refractivity contribution in [3.8, 4) is 0 Å². The maximum atomic E-state index is 11.5. The highest BCUT2D eigenvalue weighted by atomic mass is 16.1. The van der Waals surface area contributed by atoms with Crippen LogP contribution in [0.1, 0.15) is 31.0 Å². The van der Waals surface area contributed by atoms with Crippen molar-refractivity contribution < 1.29 is 0 Å². The lowest BCUT2D eigenvalue weighted by molar-refractivity contribution is 0.651. The molecule has 0 radical (unpaired) electrons. The van der Waals surface area contributed by atoms with E-state index in [-0.39, 0.29) is 22.9 Å². The summed E-state index contributed by atoms with van der Waals surface area (Å²) in [5.74, 6) is -0.00481. The molecule has 1 rings (SSSR count). The monoisotopic (exact) mass is 194 g/mol. The van der Waals surface area contributed by atoms with Gasteiger partial charge in [0, 0.05) is 7.05 Å². The summed E-state index contributed by atoms with van der Waals surface area (Å²) in [6.07, 6.45) is 0. The third-order valence-electron chi connectivity index (χ3n) is 1.96. The van der Waals surface area contributed by atoms with Crippen molar-refractivity contribution in [2.75, 3.05) is 0 Å². The Hall–Kier alpha value is -1.65. The van der Waals surface area contributed by atoms with Crippen LogP contribution in [0.5, 0.6) is 0 Å². The summed E-state index contributed by atoms with van der Waals surface area (Å²) in [6.45, 7) is 3.94. The summed E-state index contributed by atoms with van der Waals surface area (Å²) in [5, 5.41) is 11.3. The van der Waals surface area contributed by atoms with Crippen molar-refractivity contribution in [2.24, 2.45) is 12.8 Å². The van der Waals surface area contributed by atoms with Crippen molar-refractivity contribution in [3.05, 3.63) is 27.7 Å². The van der Waals surface area contributed by atoms with E-state index < -0.39 is 0 Å². The molecule has 0 saturated heterocycles. The molecular formula is C9H14N4O. The molecule has 0 aromatic carbocycles. The van der Waals surface area contributed by atoms with Crippen LogP contribution in [0.15, 0.2) is 10.9 Å². The number of amidine groups is 1. The summed E-state index contributed by atoms with van der Waals surface area (Å²) in [7, 11) is 1.56. The Kier molecular flexibility index (Phi) is 2.69. The van der Waals surface area contributed by atoms with E-state index in [0.717, 1.165) is 5.69 Å². The fraction of sp³-hybridized carbons (Fsp3) is 0.444. The Morgan fingerprint density at radius 1 is 1.64 bits per heavy atom. The van der Waals surface area contributed by atoms with E-state index in [1.165, 1.54) is 4.68 Å². The minimum atomic E-state index is -0.332. The van der Waals surface area contributed by atoms with Crippen LogP contribution >= 0.6 is 0 Å². The zero-order valence-corrected chi connectivity index (χ0v) is 8.53. The first-order valence-electron chi connectivity index (χ1n) is 4.36. The van der Waals surface area contributed by atoms with Crippen LogP contribution in [-0.2, 0) is 7.05 Å². The molecule has 0 saturated carbocycles. The third-order valence-corrected chi connectivity index (χ3v) is 1.96. The van der Waals surface area contributed by atoms with Crippen LogP contribution in [0.25, 0.3) is 0 Å². The van der Waals surface area contributed by atoms with E-state index in [1.807, 2.05) is 13.8 Å². The smallest absolute Gasteiger partial charge is 0.277 e. The van der Waals surface area contributed by atoms with E-state index in [0.29, 0.717) is 0 Å². The Balaban J connectivity index is 3.43. The first kappa shape index (κ1) is 10.4. The van der Waals surface area contributed by atoms with Gasteiger partial charge in [-0.2, -0.15) is 5.10 Å². The molecule has 0 bridgehead atoms. The topological polar surface area (TPSA) is 84.8 Å². The second-order valence-electron chi connectivity index (χ2n) is 3.48. The number of nitrogens with two attached hydrogens (primary N) is 1. The number of nitrogen functional groups attached to an aromatic ring is 1. The Morgan fingerprint density at radius 2 is 2.21 bits per heavy atom. The van der Waals surface area contributed by atoms with Gasteiger partial charge in [-0.05, 0) is 12.0 Å². The molecule has 0 spiro atoms. The van der Waals surface area contributed by atoms with Gasteiger partial charge in [-0.1, -0.05) is 13.8 Å². The fourth-order valence-corrected chi connectivity index (χ4v) is 1.11. The third kappa shape index (κ3) is 1.81. The van der Waals surface area contributed by atoms with E-state index in [1.54, 1.807) is 13.1 Å². The van der Waals surface area contributed by atoms with Gasteiger partial charge < -0.3 is 5.73 Å². The largest absolute Gasteiger partial charge is 0.384 e. The predicted molar refractivity (Wildman–Crippen MR) is 54.6 cm³/mol. The van der Waals surface area contributed by atoms with E-state index in [4.69, 9.17) is 11.1 Å². The molecule has 0 unspecified atom stereocenters. The maximum absolute atomic E-state index is 11.5. The first-order valence-corrected chi connectivity index (χ1v) is 4.36. The number of rotatable bonds is 2. The van der Waals surface area contributed by atoms with E-state index in [9.17, 15) is 4.79 Å². The van der Waals surface area contributed by atoms with Crippen molar-refractivity contribution in [1.29, 1.82) is 5.41 Å². The molecule has 14 heavy (non-hydrogen) atoms. The zero-order chi connectivity index (χ0) is 10.9. The number of hydrogen-bond acceptors (Lipinski definition) is 3. The minimum absolute atomic E-state index is 0.208. The molecule has 76 valence electrons. The second kappa shape index (κ2) is 3.61. The van der Waals surface area contributed by atoms with Gasteiger partial charge in [-0.25, -0.2) is 4.68 Å². The minimum Gasteiger partial charge on any atom is -0.384 e. The Bertz CT molecular complexity index is 419. The lowest BCUT2D eigenvalue weighted by Gasteiger charge is -2.08. The normalized spacial score (nSPS) is 10.6. The van der Waals surface area contributed by atoms with Gasteiger partial charge in [0.25, 0.3) is 5.56 Å². The van der Waals surface area contributed by atoms with Gasteiger partial charge in [0.1, 0.15) is 5.84 Å². The van der Waals surface area contributed by atoms with Crippen molar-refractivity contribution in [1.82, 2.24) is 9.78 Å². The lowest BCUT2D eigenvalue weighted by atomic mass is 10.1. The number of aryl methyl sites for hydroxylation is 1. The number of nitrogens with one attached hydrogen (secondary N) is 1. The summed E-state index contributed by atoms with van der Waals surface area (Å²) in [6, 6.07) is 1.58. The summed E-state index contributed by atoms with van der Waals surface area (Å²) in [5.41, 5.74) is 5.94. The van der Waals surface area contributed by atoms with Crippen molar-refractivity contribution in [3.63, 3.8) is 0 Å². The molecule has 1 heterocycles. The SMILES string of the molecule is CC(C)c1cc(C(=N)N)c(=O)n(C)n1. The molecule has 1 aromatic rings. The van der Waals surface area contributed by atoms with Crippen LogP contribution in [0.4, 0.5) is 0 Å². The van der Waals surface area contributed by atoms with Gasteiger partial charge in [0.2, 0.25) is 0 Å². The van der Waals surface area contributed by atoms with Gasteiger partial charge in [-0.3, -0.25) is 10.2 Å². The fourth-order valence-electron chi connectivity index (χ4n) is 1.11. The highest BCUT2D eigenvalue weighted by Gasteiger charge is 2.10. The Morgan fingerprint density at radius 3 is 2.64 bits per heavy atom. The molecule has 5 heteroatoms. The average Bonchev–Trinajstić information content (AvgIpc) is 2.08. The van der Waals surface area contributed by atoms with Crippen LogP contribution in [0, 0.1) is 5.41 Å². The molecule has 0 fully saturated rings. The first-order chi connectivity index (χ1) is 6.43. The molecule has 0 aliphatic rings. The molecule has 1 aromatic heterocycles. The van der Waals surface area contributed by atoms with Crippen LogP contribution in [0.2, 0.25) is 0 Å². The number of hydrogen-bond donors (Lipinski definition) is 2. The molecule has 0 aliphatic carbocycles. The molecular weight excluding hydrogens is 180 g/mol. The number of aromatic nitrogens is 2. The van der Waals surface area contributed by atoms with Crippen LogP contribution in [0.3, 0.4) is 0 Å². The molecule has 0 aliphatic heterocycles. The highest BCUT2D eigenvalue weighted by Crippen LogP contribution is 2.09. The van der Waals surface area contributed by atoms with E-state index in [2.05, 4.69) is 5.10 Å². The molecule has 0 atom stereocenters. The van der Waals surface area contributed by atoms with Crippen molar-refractivity contribution >= 4 is 5.84 Å². The maximum Gasteiger partial charge on any atom is 0.277 e. The lowest BCUT2D eigenvalue weighted by Crippen LogP contribution is -2.30. The summed E-state index contributed by atoms with van der Waals surface area (Å²) >= 11 is 0. The summed E-state index contributed by atoms with van der Waals surface area (Å²) < 4.78 is 1.21. The average molecular weight is 194 g/mol. The van der Waals surface area contributed by atoms with Gasteiger partial charge in [0.15, 0.2) is 0 Å². The van der Waals surface area contributed by atoms with Crippen LogP contribution in [-0.4, -0.2) is 15.6 Å². The quantitative estimate of drug-likeness (QED) is 0.520. The predicted octanol–water partition coefficient (Wildman–Crippen LogP) is 0.188. The standard InChI is InChI=1S/C9H14N4O/c1-5(2)7-4-6(8(10)11)9(14)13(3)12-7/h4-5H,1-3H3,(H3,10,11). The zero-order valence-electron chi connectivity index (χ0n) is 8.53. The van der Waals surface area contributed by atoms with Crippen LogP contribution < -0.4 is 11.3 Å². The van der Waals surface area contributed by atoms with E-state index >= 15 is 0 Å². The second-order valence-corrected chi connectivity index (χ2v) is 3.48. The summed E-state index contributed by atoms with van der Waals surface area (Å²) in [4.78, 5) is 11.5. The highest BCUT2D eigenvalue weighted by molar-refractivity contribution is 5.94. The van der Waals surface area contributed by atoms with Crippen molar-refractivity contribution in [2.45, 2.75) is 19.8 Å².